The van der Waals surface area contributed by atoms with E-state index in [0.29, 0.717) is 11.3 Å². The smallest absolute Gasteiger partial charge is 0.346 e. The highest BCUT2D eigenvalue weighted by Gasteiger charge is 2.22. The number of carbonyl (C=O) groups is 1. The molecule has 6 nitrogen and oxygen atoms in total. The summed E-state index contributed by atoms with van der Waals surface area (Å²) in [5, 5.41) is 8.99. The molecular formula is C13H14N2O4S2. The molecule has 0 aliphatic carbocycles. The van der Waals surface area contributed by atoms with Crippen molar-refractivity contribution in [1.82, 2.24) is 4.98 Å². The van der Waals surface area contributed by atoms with Crippen molar-refractivity contribution in [2.45, 2.75) is 25.0 Å². The molecule has 0 aliphatic heterocycles. The molecular weight excluding hydrogens is 312 g/mol. The first-order chi connectivity index (χ1) is 9.69. The van der Waals surface area contributed by atoms with Gasteiger partial charge in [-0.25, -0.2) is 18.2 Å². The Morgan fingerprint density at radius 1 is 1.24 bits per heavy atom. The molecule has 2 rings (SSSR count). The lowest BCUT2D eigenvalue weighted by Crippen LogP contribution is -2.13. The Morgan fingerprint density at radius 2 is 1.90 bits per heavy atom. The monoisotopic (exact) mass is 326 g/mol. The Balaban J connectivity index is 2.38. The summed E-state index contributed by atoms with van der Waals surface area (Å²) in [6, 6.07) is 4.79. The van der Waals surface area contributed by atoms with Gasteiger partial charge in [0.25, 0.3) is 10.0 Å². The molecule has 0 atom stereocenters. The summed E-state index contributed by atoms with van der Waals surface area (Å²) >= 11 is 0.724. The van der Waals surface area contributed by atoms with E-state index < -0.39 is 16.0 Å². The topological polar surface area (TPSA) is 96.4 Å². The van der Waals surface area contributed by atoms with Crippen LogP contribution in [0.25, 0.3) is 0 Å². The minimum Gasteiger partial charge on any atom is -0.477 e. The molecule has 0 amide bonds. The number of aromatic carboxylic acids is 1. The Morgan fingerprint density at radius 3 is 2.43 bits per heavy atom. The number of nitrogens with zero attached hydrogens (tertiary/aromatic N) is 1. The van der Waals surface area contributed by atoms with Crippen LogP contribution in [0.15, 0.2) is 22.4 Å². The Labute approximate surface area is 126 Å². The summed E-state index contributed by atoms with van der Waals surface area (Å²) in [6.45, 7) is 5.17. The van der Waals surface area contributed by atoms with Gasteiger partial charge in [-0.05, 0) is 50.1 Å². The van der Waals surface area contributed by atoms with Gasteiger partial charge in [-0.15, -0.1) is 11.3 Å². The molecule has 0 radical (unpaired) electrons. The number of rotatable bonds is 4. The van der Waals surface area contributed by atoms with Crippen LogP contribution in [0.3, 0.4) is 0 Å². The maximum atomic E-state index is 12.3. The molecule has 2 N–H and O–H groups in total. The van der Waals surface area contributed by atoms with E-state index in [1.54, 1.807) is 19.9 Å². The van der Waals surface area contributed by atoms with Crippen LogP contribution in [0.4, 0.5) is 5.82 Å². The van der Waals surface area contributed by atoms with Crippen LogP contribution in [-0.2, 0) is 10.0 Å². The average Bonchev–Trinajstić information content (AvgIpc) is 2.70. The van der Waals surface area contributed by atoms with Crippen LogP contribution in [-0.4, -0.2) is 24.5 Å². The van der Waals surface area contributed by atoms with Crippen LogP contribution >= 0.6 is 11.3 Å². The summed E-state index contributed by atoms with van der Waals surface area (Å²) in [5.74, 6) is -0.918. The summed E-state index contributed by atoms with van der Waals surface area (Å²) in [4.78, 5) is 15.1. The molecule has 0 fully saturated rings. The molecule has 0 saturated heterocycles. The zero-order valence-corrected chi connectivity index (χ0v) is 13.3. The Kier molecular flexibility index (Phi) is 4.02. The molecule has 0 aliphatic rings. The fourth-order valence-corrected chi connectivity index (χ4v) is 4.25. The number of aromatic nitrogens is 1. The van der Waals surface area contributed by atoms with E-state index in [9.17, 15) is 13.2 Å². The van der Waals surface area contributed by atoms with E-state index >= 15 is 0 Å². The SMILES string of the molecule is Cc1cc(C)nc(NS(=O)(=O)c2cc(C)c(C(=O)O)s2)c1. The number of hydrogen-bond acceptors (Lipinski definition) is 5. The van der Waals surface area contributed by atoms with E-state index in [2.05, 4.69) is 9.71 Å². The number of hydrogen-bond donors (Lipinski definition) is 2. The molecule has 0 saturated carbocycles. The first-order valence-electron chi connectivity index (χ1n) is 6.01. The van der Waals surface area contributed by atoms with Crippen LogP contribution in [0.1, 0.15) is 26.5 Å². The second-order valence-corrected chi connectivity index (χ2v) is 7.62. The predicted octanol–water partition coefficient (Wildman–Crippen LogP) is 2.57. The molecule has 0 aromatic carbocycles. The summed E-state index contributed by atoms with van der Waals surface area (Å²) in [6.07, 6.45) is 0. The lowest BCUT2D eigenvalue weighted by atomic mass is 10.2. The first-order valence-corrected chi connectivity index (χ1v) is 8.31. The van der Waals surface area contributed by atoms with Crippen molar-refractivity contribution in [2.75, 3.05) is 4.72 Å². The van der Waals surface area contributed by atoms with Crippen molar-refractivity contribution in [2.24, 2.45) is 0 Å². The second-order valence-electron chi connectivity index (χ2n) is 4.66. The summed E-state index contributed by atoms with van der Waals surface area (Å²) in [5.41, 5.74) is 2.00. The second kappa shape index (κ2) is 5.45. The maximum Gasteiger partial charge on any atom is 0.346 e. The van der Waals surface area contributed by atoms with Gasteiger partial charge in [0.15, 0.2) is 0 Å². The van der Waals surface area contributed by atoms with Gasteiger partial charge in [0, 0.05) is 5.69 Å². The molecule has 2 aromatic rings. The number of carboxylic acids is 1. The molecule has 2 aromatic heterocycles. The minimum atomic E-state index is -3.84. The molecule has 0 bridgehead atoms. The quantitative estimate of drug-likeness (QED) is 0.900. The van der Waals surface area contributed by atoms with E-state index in [1.807, 2.05) is 13.0 Å². The molecule has 0 spiro atoms. The van der Waals surface area contributed by atoms with Gasteiger partial charge in [-0.3, -0.25) is 4.72 Å². The number of thiophene rings is 1. The first kappa shape index (κ1) is 15.5. The predicted molar refractivity (Wildman–Crippen MR) is 80.5 cm³/mol. The van der Waals surface area contributed by atoms with E-state index in [1.165, 1.54) is 6.07 Å². The lowest BCUT2D eigenvalue weighted by Gasteiger charge is -2.07. The molecule has 2 heterocycles. The van der Waals surface area contributed by atoms with E-state index in [-0.39, 0.29) is 14.9 Å². The Hall–Kier alpha value is -1.93. The summed E-state index contributed by atoms with van der Waals surface area (Å²) in [7, 11) is -3.84. The third-order valence-corrected chi connectivity index (χ3v) is 5.74. The fraction of sp³-hybridized carbons (Fsp3) is 0.231. The number of pyridine rings is 1. The molecule has 21 heavy (non-hydrogen) atoms. The van der Waals surface area contributed by atoms with Crippen LogP contribution in [0, 0.1) is 20.8 Å². The van der Waals surface area contributed by atoms with Crippen LogP contribution in [0.5, 0.6) is 0 Å². The van der Waals surface area contributed by atoms with Crippen LogP contribution in [0.2, 0.25) is 0 Å². The van der Waals surface area contributed by atoms with Crippen molar-refractivity contribution in [3.8, 4) is 0 Å². The number of nitrogens with one attached hydrogen (secondary N) is 1. The zero-order valence-electron chi connectivity index (χ0n) is 11.7. The van der Waals surface area contributed by atoms with Gasteiger partial charge in [-0.1, -0.05) is 0 Å². The number of anilines is 1. The molecule has 8 heteroatoms. The molecule has 112 valence electrons. The summed E-state index contributed by atoms with van der Waals surface area (Å²) < 4.78 is 26.9. The third-order valence-electron chi connectivity index (χ3n) is 2.69. The normalized spacial score (nSPS) is 11.4. The number of aryl methyl sites for hydroxylation is 3. The highest BCUT2D eigenvalue weighted by Crippen LogP contribution is 2.27. The largest absolute Gasteiger partial charge is 0.477 e. The van der Waals surface area contributed by atoms with Gasteiger partial charge in [-0.2, -0.15) is 0 Å². The zero-order chi connectivity index (χ0) is 15.8. The van der Waals surface area contributed by atoms with E-state index in [0.717, 1.165) is 16.9 Å². The van der Waals surface area contributed by atoms with Crippen LogP contribution < -0.4 is 4.72 Å². The van der Waals surface area contributed by atoms with Gasteiger partial charge >= 0.3 is 5.97 Å². The Bertz CT molecular complexity index is 789. The minimum absolute atomic E-state index is 0.0174. The fourth-order valence-electron chi connectivity index (χ4n) is 1.88. The maximum absolute atomic E-state index is 12.3. The van der Waals surface area contributed by atoms with Gasteiger partial charge < -0.3 is 5.11 Å². The standard InChI is InChI=1S/C13H14N2O4S2/c1-7-4-9(3)14-10(5-7)15-21(18,19)11-6-8(2)12(20-11)13(16)17/h4-6H,1-3H3,(H,14,15)(H,16,17). The van der Waals surface area contributed by atoms with Crippen molar-refractivity contribution in [3.63, 3.8) is 0 Å². The van der Waals surface area contributed by atoms with E-state index in [4.69, 9.17) is 5.11 Å². The molecule has 0 unspecified atom stereocenters. The lowest BCUT2D eigenvalue weighted by molar-refractivity contribution is 0.0701. The third kappa shape index (κ3) is 3.40. The highest BCUT2D eigenvalue weighted by atomic mass is 32.2. The van der Waals surface area contributed by atoms with Gasteiger partial charge in [0.05, 0.1) is 0 Å². The number of carboxylic acid groups (broad SMARTS) is 1. The highest BCUT2D eigenvalue weighted by molar-refractivity contribution is 7.94. The number of sulfonamides is 1. The van der Waals surface area contributed by atoms with Crippen molar-refractivity contribution in [3.05, 3.63) is 39.9 Å². The van der Waals surface area contributed by atoms with Crippen molar-refractivity contribution < 1.29 is 18.3 Å². The van der Waals surface area contributed by atoms with Crippen molar-refractivity contribution in [1.29, 1.82) is 0 Å². The van der Waals surface area contributed by atoms with Gasteiger partial charge in [0.2, 0.25) is 0 Å². The van der Waals surface area contributed by atoms with Crippen molar-refractivity contribution >= 4 is 33.1 Å². The average molecular weight is 326 g/mol. The van der Waals surface area contributed by atoms with Gasteiger partial charge in [0.1, 0.15) is 14.9 Å².